The summed E-state index contributed by atoms with van der Waals surface area (Å²) >= 11 is 0. The molecule has 17 heavy (non-hydrogen) atoms. The first kappa shape index (κ1) is 14.0. The number of unbranched alkanes of at least 4 members (excludes halogenated alkanes) is 1. The summed E-state index contributed by atoms with van der Waals surface area (Å²) in [4.78, 5) is 0. The average Bonchev–Trinajstić information content (AvgIpc) is 2.34. The molecule has 0 fully saturated rings. The normalized spacial score (nSPS) is 10.8. The zero-order chi connectivity index (χ0) is 12.5. The number of hydrogen-bond acceptors (Lipinski definition) is 2. The lowest BCUT2D eigenvalue weighted by molar-refractivity contribution is 0.309. The quantitative estimate of drug-likeness (QED) is 0.695. The highest BCUT2D eigenvalue weighted by Gasteiger charge is 2.05. The van der Waals surface area contributed by atoms with E-state index in [1.807, 2.05) is 6.07 Å². The van der Waals surface area contributed by atoms with Crippen molar-refractivity contribution >= 4 is 0 Å². The molecule has 0 amide bonds. The standard InChI is InChI=1S/C15H25NO/c1-4-5-10-16-11-12-17-15-9-7-6-8-14(15)13(2)3/h6-9,13,16H,4-5,10-12H2,1-3H3. The first-order valence-corrected chi connectivity index (χ1v) is 6.68. The molecular weight excluding hydrogens is 210 g/mol. The van der Waals surface area contributed by atoms with Crippen molar-refractivity contribution in [1.82, 2.24) is 5.32 Å². The Morgan fingerprint density at radius 2 is 1.94 bits per heavy atom. The molecular formula is C15H25NO. The maximum absolute atomic E-state index is 5.82. The molecule has 0 heterocycles. The molecule has 0 saturated heterocycles. The Morgan fingerprint density at radius 1 is 1.18 bits per heavy atom. The summed E-state index contributed by atoms with van der Waals surface area (Å²) in [5.41, 5.74) is 1.29. The van der Waals surface area contributed by atoms with Crippen LogP contribution in [0.4, 0.5) is 0 Å². The van der Waals surface area contributed by atoms with Gasteiger partial charge in [-0.05, 0) is 30.5 Å². The highest BCUT2D eigenvalue weighted by atomic mass is 16.5. The molecule has 1 rings (SSSR count). The fraction of sp³-hybridized carbons (Fsp3) is 0.600. The van der Waals surface area contributed by atoms with E-state index in [1.165, 1.54) is 18.4 Å². The monoisotopic (exact) mass is 235 g/mol. The van der Waals surface area contributed by atoms with Crippen LogP contribution < -0.4 is 10.1 Å². The summed E-state index contributed by atoms with van der Waals surface area (Å²) in [5.74, 6) is 1.54. The van der Waals surface area contributed by atoms with Gasteiger partial charge in [-0.2, -0.15) is 0 Å². The summed E-state index contributed by atoms with van der Waals surface area (Å²) in [6, 6.07) is 8.30. The van der Waals surface area contributed by atoms with Crippen molar-refractivity contribution < 1.29 is 4.74 Å². The fourth-order valence-electron chi connectivity index (χ4n) is 1.75. The number of para-hydroxylation sites is 1. The van der Waals surface area contributed by atoms with Crippen LogP contribution in [0.25, 0.3) is 0 Å². The largest absolute Gasteiger partial charge is 0.492 e. The number of nitrogens with one attached hydrogen (secondary N) is 1. The second-order valence-electron chi connectivity index (χ2n) is 4.64. The fourth-order valence-corrected chi connectivity index (χ4v) is 1.75. The van der Waals surface area contributed by atoms with E-state index in [0.717, 1.165) is 25.4 Å². The van der Waals surface area contributed by atoms with E-state index in [4.69, 9.17) is 4.74 Å². The lowest BCUT2D eigenvalue weighted by Gasteiger charge is -2.14. The summed E-state index contributed by atoms with van der Waals surface area (Å²) < 4.78 is 5.82. The molecule has 2 heteroatoms. The zero-order valence-corrected chi connectivity index (χ0v) is 11.3. The Bertz CT molecular complexity index is 310. The van der Waals surface area contributed by atoms with Gasteiger partial charge in [0.1, 0.15) is 12.4 Å². The van der Waals surface area contributed by atoms with Crippen LogP contribution in [0, 0.1) is 0 Å². The van der Waals surface area contributed by atoms with E-state index < -0.39 is 0 Å². The van der Waals surface area contributed by atoms with Gasteiger partial charge in [-0.1, -0.05) is 45.4 Å². The van der Waals surface area contributed by atoms with Crippen LogP contribution in [0.3, 0.4) is 0 Å². The highest BCUT2D eigenvalue weighted by molar-refractivity contribution is 5.35. The summed E-state index contributed by atoms with van der Waals surface area (Å²) in [6.45, 7) is 9.35. The number of rotatable bonds is 8. The van der Waals surface area contributed by atoms with Crippen molar-refractivity contribution in [3.63, 3.8) is 0 Å². The maximum atomic E-state index is 5.82. The van der Waals surface area contributed by atoms with Crippen molar-refractivity contribution in [3.05, 3.63) is 29.8 Å². The molecule has 1 N–H and O–H groups in total. The van der Waals surface area contributed by atoms with Crippen LogP contribution in [0.2, 0.25) is 0 Å². The SMILES string of the molecule is CCCCNCCOc1ccccc1C(C)C. The molecule has 1 aromatic rings. The molecule has 0 saturated carbocycles. The predicted octanol–water partition coefficient (Wildman–Crippen LogP) is 3.58. The lowest BCUT2D eigenvalue weighted by atomic mass is 10.0. The minimum absolute atomic E-state index is 0.513. The van der Waals surface area contributed by atoms with Crippen molar-refractivity contribution in [3.8, 4) is 5.75 Å². The van der Waals surface area contributed by atoms with Gasteiger partial charge < -0.3 is 10.1 Å². The summed E-state index contributed by atoms with van der Waals surface area (Å²) in [5, 5.41) is 3.38. The number of benzene rings is 1. The van der Waals surface area contributed by atoms with Crippen LogP contribution >= 0.6 is 0 Å². The van der Waals surface area contributed by atoms with Crippen molar-refractivity contribution in [2.75, 3.05) is 19.7 Å². The molecule has 0 unspecified atom stereocenters. The van der Waals surface area contributed by atoms with Gasteiger partial charge in [0.25, 0.3) is 0 Å². The molecule has 96 valence electrons. The second kappa shape index (κ2) is 8.13. The first-order chi connectivity index (χ1) is 8.25. The van der Waals surface area contributed by atoms with Crippen molar-refractivity contribution in [2.45, 2.75) is 39.5 Å². The summed E-state index contributed by atoms with van der Waals surface area (Å²) in [7, 11) is 0. The molecule has 0 radical (unpaired) electrons. The highest BCUT2D eigenvalue weighted by Crippen LogP contribution is 2.25. The Kier molecular flexibility index (Phi) is 6.71. The van der Waals surface area contributed by atoms with Gasteiger partial charge in [0.05, 0.1) is 0 Å². The average molecular weight is 235 g/mol. The van der Waals surface area contributed by atoms with Crippen LogP contribution in [0.15, 0.2) is 24.3 Å². The molecule has 0 bridgehead atoms. The van der Waals surface area contributed by atoms with Crippen LogP contribution in [0.1, 0.15) is 45.1 Å². The second-order valence-corrected chi connectivity index (χ2v) is 4.64. The van der Waals surface area contributed by atoms with Crippen LogP contribution in [0.5, 0.6) is 5.75 Å². The van der Waals surface area contributed by atoms with Crippen LogP contribution in [-0.2, 0) is 0 Å². The Morgan fingerprint density at radius 3 is 2.65 bits per heavy atom. The molecule has 2 nitrogen and oxygen atoms in total. The van der Waals surface area contributed by atoms with Gasteiger partial charge in [-0.3, -0.25) is 0 Å². The third-order valence-electron chi connectivity index (χ3n) is 2.78. The molecule has 0 atom stereocenters. The molecule has 0 aromatic heterocycles. The smallest absolute Gasteiger partial charge is 0.122 e. The van der Waals surface area contributed by atoms with E-state index in [9.17, 15) is 0 Å². The Balaban J connectivity index is 2.31. The van der Waals surface area contributed by atoms with Gasteiger partial charge in [0.15, 0.2) is 0 Å². The summed E-state index contributed by atoms with van der Waals surface area (Å²) in [6.07, 6.45) is 2.48. The van der Waals surface area contributed by atoms with E-state index >= 15 is 0 Å². The van der Waals surface area contributed by atoms with Crippen molar-refractivity contribution in [1.29, 1.82) is 0 Å². The number of hydrogen-bond donors (Lipinski definition) is 1. The zero-order valence-electron chi connectivity index (χ0n) is 11.3. The van der Waals surface area contributed by atoms with Gasteiger partial charge in [-0.15, -0.1) is 0 Å². The van der Waals surface area contributed by atoms with Crippen molar-refractivity contribution in [2.24, 2.45) is 0 Å². The maximum Gasteiger partial charge on any atom is 0.122 e. The van der Waals surface area contributed by atoms with E-state index in [0.29, 0.717) is 5.92 Å². The Labute approximate surface area is 105 Å². The first-order valence-electron chi connectivity index (χ1n) is 6.68. The molecule has 0 spiro atoms. The topological polar surface area (TPSA) is 21.3 Å². The molecule has 0 aliphatic heterocycles. The van der Waals surface area contributed by atoms with Crippen LogP contribution in [-0.4, -0.2) is 19.7 Å². The van der Waals surface area contributed by atoms with Gasteiger partial charge >= 0.3 is 0 Å². The van der Waals surface area contributed by atoms with E-state index in [-0.39, 0.29) is 0 Å². The lowest BCUT2D eigenvalue weighted by Crippen LogP contribution is -2.22. The minimum Gasteiger partial charge on any atom is -0.492 e. The minimum atomic E-state index is 0.513. The van der Waals surface area contributed by atoms with Gasteiger partial charge in [0.2, 0.25) is 0 Å². The van der Waals surface area contributed by atoms with Gasteiger partial charge in [0, 0.05) is 6.54 Å². The molecule has 0 aliphatic rings. The molecule has 0 aliphatic carbocycles. The van der Waals surface area contributed by atoms with E-state index in [2.05, 4.69) is 44.3 Å². The molecule has 1 aromatic carbocycles. The number of ether oxygens (including phenoxy) is 1. The van der Waals surface area contributed by atoms with Gasteiger partial charge in [-0.25, -0.2) is 0 Å². The van der Waals surface area contributed by atoms with E-state index in [1.54, 1.807) is 0 Å². The predicted molar refractivity (Wildman–Crippen MR) is 73.8 cm³/mol. The Hall–Kier alpha value is -1.02. The third kappa shape index (κ3) is 5.22. The third-order valence-corrected chi connectivity index (χ3v) is 2.78.